The molecule has 1 aromatic rings. The average molecular weight is 179 g/mol. The molecule has 13 heavy (non-hydrogen) atoms. The summed E-state index contributed by atoms with van der Waals surface area (Å²) in [5, 5.41) is 9.64. The first-order chi connectivity index (χ1) is 6.29. The molecule has 0 saturated heterocycles. The fourth-order valence-electron chi connectivity index (χ4n) is 1.11. The average Bonchev–Trinajstić information content (AvgIpc) is 2.18. The minimum atomic E-state index is -0.582. The van der Waals surface area contributed by atoms with Crippen LogP contribution in [0.5, 0.6) is 5.88 Å². The second-order valence-electron chi connectivity index (χ2n) is 2.64. The number of hydrogen-bond acceptors (Lipinski definition) is 3. The molecule has 1 rings (SSSR count). The van der Waals surface area contributed by atoms with Crippen LogP contribution in [-0.4, -0.2) is 17.2 Å². The van der Waals surface area contributed by atoms with Crippen LogP contribution in [0, 0.1) is 0 Å². The molecule has 0 aliphatic rings. The molecule has 1 aromatic heterocycles. The van der Waals surface area contributed by atoms with E-state index in [0.717, 1.165) is 0 Å². The maximum atomic E-state index is 9.64. The molecule has 1 atom stereocenters. The van der Waals surface area contributed by atoms with Gasteiger partial charge in [0, 0.05) is 11.8 Å². The smallest absolute Gasteiger partial charge is 0.218 e. The van der Waals surface area contributed by atoms with Crippen molar-refractivity contribution in [2.24, 2.45) is 0 Å². The van der Waals surface area contributed by atoms with Gasteiger partial charge in [0.25, 0.3) is 0 Å². The molecular formula is C10H13NO2. The summed E-state index contributed by atoms with van der Waals surface area (Å²) in [6, 6.07) is 3.56. The predicted octanol–water partition coefficient (Wildman–Crippen LogP) is 1.70. The number of aromatic nitrogens is 1. The van der Waals surface area contributed by atoms with Crippen LogP contribution in [0.15, 0.2) is 31.0 Å². The van der Waals surface area contributed by atoms with E-state index in [1.807, 2.05) is 0 Å². The van der Waals surface area contributed by atoms with Gasteiger partial charge in [-0.15, -0.1) is 6.58 Å². The lowest BCUT2D eigenvalue weighted by Crippen LogP contribution is -2.00. The van der Waals surface area contributed by atoms with Crippen LogP contribution in [-0.2, 0) is 0 Å². The Bertz CT molecular complexity index is 286. The molecule has 3 heteroatoms. The van der Waals surface area contributed by atoms with E-state index in [1.54, 1.807) is 24.4 Å². The number of rotatable bonds is 4. The molecule has 0 radical (unpaired) electrons. The summed E-state index contributed by atoms with van der Waals surface area (Å²) >= 11 is 0. The van der Waals surface area contributed by atoms with Crippen molar-refractivity contribution in [1.29, 1.82) is 0 Å². The molecule has 0 aliphatic carbocycles. The largest absolute Gasteiger partial charge is 0.481 e. The van der Waals surface area contributed by atoms with Crippen LogP contribution in [0.1, 0.15) is 18.1 Å². The Balaban J connectivity index is 2.91. The third kappa shape index (κ3) is 2.29. The van der Waals surface area contributed by atoms with E-state index in [2.05, 4.69) is 11.6 Å². The van der Waals surface area contributed by atoms with Crippen molar-refractivity contribution < 1.29 is 9.84 Å². The van der Waals surface area contributed by atoms with Crippen molar-refractivity contribution in [2.75, 3.05) is 7.11 Å². The number of methoxy groups -OCH3 is 1. The van der Waals surface area contributed by atoms with Crippen molar-refractivity contribution in [3.8, 4) is 5.88 Å². The van der Waals surface area contributed by atoms with Crippen LogP contribution in [0.25, 0.3) is 0 Å². The summed E-state index contributed by atoms with van der Waals surface area (Å²) in [6.45, 7) is 3.56. The normalized spacial score (nSPS) is 12.2. The van der Waals surface area contributed by atoms with E-state index < -0.39 is 6.10 Å². The molecule has 0 aromatic carbocycles. The van der Waals surface area contributed by atoms with Gasteiger partial charge in [0.1, 0.15) is 0 Å². The van der Waals surface area contributed by atoms with E-state index >= 15 is 0 Å². The second-order valence-corrected chi connectivity index (χ2v) is 2.64. The number of ether oxygens (including phenoxy) is 1. The van der Waals surface area contributed by atoms with Crippen molar-refractivity contribution in [3.63, 3.8) is 0 Å². The van der Waals surface area contributed by atoms with Gasteiger partial charge >= 0.3 is 0 Å². The molecule has 0 bridgehead atoms. The van der Waals surface area contributed by atoms with E-state index in [1.165, 1.54) is 7.11 Å². The second kappa shape index (κ2) is 4.62. The minimum Gasteiger partial charge on any atom is -0.481 e. The SMILES string of the molecule is C=CCC(O)c1cccnc1OC. The lowest BCUT2D eigenvalue weighted by Gasteiger charge is -2.11. The van der Waals surface area contributed by atoms with Gasteiger partial charge < -0.3 is 9.84 Å². The van der Waals surface area contributed by atoms with E-state index in [-0.39, 0.29) is 0 Å². The zero-order valence-corrected chi connectivity index (χ0v) is 7.60. The number of aliphatic hydroxyl groups is 1. The highest BCUT2D eigenvalue weighted by Gasteiger charge is 2.11. The van der Waals surface area contributed by atoms with Crippen molar-refractivity contribution in [1.82, 2.24) is 4.98 Å². The first kappa shape index (κ1) is 9.74. The molecule has 0 amide bonds. The van der Waals surface area contributed by atoms with Gasteiger partial charge in [-0.1, -0.05) is 6.08 Å². The highest BCUT2D eigenvalue weighted by atomic mass is 16.5. The molecule has 1 heterocycles. The zero-order valence-electron chi connectivity index (χ0n) is 7.60. The summed E-state index contributed by atoms with van der Waals surface area (Å²) in [5.41, 5.74) is 0.699. The quantitative estimate of drug-likeness (QED) is 0.715. The van der Waals surface area contributed by atoms with Crippen LogP contribution >= 0.6 is 0 Å². The van der Waals surface area contributed by atoms with Gasteiger partial charge in [0.2, 0.25) is 5.88 Å². The Morgan fingerprint density at radius 2 is 2.54 bits per heavy atom. The van der Waals surface area contributed by atoms with Crippen molar-refractivity contribution >= 4 is 0 Å². The Hall–Kier alpha value is -1.35. The highest BCUT2D eigenvalue weighted by Crippen LogP contribution is 2.24. The number of hydrogen-bond donors (Lipinski definition) is 1. The van der Waals surface area contributed by atoms with Gasteiger partial charge in [0.15, 0.2) is 0 Å². The van der Waals surface area contributed by atoms with Crippen LogP contribution in [0.4, 0.5) is 0 Å². The molecular weight excluding hydrogens is 166 g/mol. The fourth-order valence-corrected chi connectivity index (χ4v) is 1.11. The third-order valence-corrected chi connectivity index (χ3v) is 1.74. The van der Waals surface area contributed by atoms with Crippen molar-refractivity contribution in [2.45, 2.75) is 12.5 Å². The number of nitrogens with zero attached hydrogens (tertiary/aromatic N) is 1. The summed E-state index contributed by atoms with van der Waals surface area (Å²) < 4.78 is 5.01. The third-order valence-electron chi connectivity index (χ3n) is 1.74. The molecule has 1 N–H and O–H groups in total. The Labute approximate surface area is 77.7 Å². The fraction of sp³-hybridized carbons (Fsp3) is 0.300. The van der Waals surface area contributed by atoms with E-state index in [0.29, 0.717) is 17.9 Å². The Kier molecular flexibility index (Phi) is 3.46. The molecule has 0 spiro atoms. The molecule has 0 saturated carbocycles. The summed E-state index contributed by atoms with van der Waals surface area (Å²) in [4.78, 5) is 3.98. The number of aliphatic hydroxyl groups excluding tert-OH is 1. The van der Waals surface area contributed by atoms with Gasteiger partial charge in [0.05, 0.1) is 13.2 Å². The minimum absolute atomic E-state index is 0.469. The van der Waals surface area contributed by atoms with Crippen molar-refractivity contribution in [3.05, 3.63) is 36.5 Å². The standard InChI is InChI=1S/C10H13NO2/c1-3-5-9(12)8-6-4-7-11-10(8)13-2/h3-4,6-7,9,12H,1,5H2,2H3. The predicted molar refractivity (Wildman–Crippen MR) is 50.6 cm³/mol. The van der Waals surface area contributed by atoms with E-state index in [4.69, 9.17) is 4.74 Å². The molecule has 0 fully saturated rings. The van der Waals surface area contributed by atoms with E-state index in [9.17, 15) is 5.11 Å². The summed E-state index contributed by atoms with van der Waals surface area (Å²) in [6.07, 6.45) is 3.21. The molecule has 3 nitrogen and oxygen atoms in total. The van der Waals surface area contributed by atoms with Gasteiger partial charge in [-0.2, -0.15) is 0 Å². The first-order valence-electron chi connectivity index (χ1n) is 4.07. The lowest BCUT2D eigenvalue weighted by molar-refractivity contribution is 0.176. The molecule has 1 unspecified atom stereocenters. The highest BCUT2D eigenvalue weighted by molar-refractivity contribution is 5.27. The Morgan fingerprint density at radius 3 is 3.15 bits per heavy atom. The van der Waals surface area contributed by atoms with Crippen LogP contribution in [0.2, 0.25) is 0 Å². The van der Waals surface area contributed by atoms with Gasteiger partial charge in [-0.3, -0.25) is 0 Å². The van der Waals surface area contributed by atoms with Crippen LogP contribution in [0.3, 0.4) is 0 Å². The van der Waals surface area contributed by atoms with Gasteiger partial charge in [-0.25, -0.2) is 4.98 Å². The lowest BCUT2D eigenvalue weighted by atomic mass is 10.1. The molecule has 0 aliphatic heterocycles. The maximum Gasteiger partial charge on any atom is 0.218 e. The Morgan fingerprint density at radius 1 is 1.77 bits per heavy atom. The van der Waals surface area contributed by atoms with Gasteiger partial charge in [-0.05, 0) is 18.6 Å². The number of pyridine rings is 1. The first-order valence-corrected chi connectivity index (χ1v) is 4.07. The zero-order chi connectivity index (χ0) is 9.68. The topological polar surface area (TPSA) is 42.4 Å². The summed E-state index contributed by atoms with van der Waals surface area (Å²) in [7, 11) is 1.53. The molecule has 70 valence electrons. The van der Waals surface area contributed by atoms with Crippen LogP contribution < -0.4 is 4.74 Å². The monoisotopic (exact) mass is 179 g/mol. The summed E-state index contributed by atoms with van der Waals surface area (Å²) in [5.74, 6) is 0.469. The maximum absolute atomic E-state index is 9.64.